The van der Waals surface area contributed by atoms with Crippen molar-refractivity contribution in [2.24, 2.45) is 0 Å². The zero-order valence-electron chi connectivity index (χ0n) is 8.02. The standard InChI is InChI=1S/C7H7BrF5N3/c1-2-3-16-5(8)4(14-15-16)6(9,10)7(11,12)13/h2-3H2,1H3. The lowest BCUT2D eigenvalue weighted by atomic mass is 10.2. The summed E-state index contributed by atoms with van der Waals surface area (Å²) >= 11 is 2.64. The summed E-state index contributed by atoms with van der Waals surface area (Å²) in [4.78, 5) is 0. The van der Waals surface area contributed by atoms with Gasteiger partial charge >= 0.3 is 12.1 Å². The average Bonchev–Trinajstić information content (AvgIpc) is 2.47. The van der Waals surface area contributed by atoms with Crippen LogP contribution in [0.5, 0.6) is 0 Å². The topological polar surface area (TPSA) is 30.7 Å². The third kappa shape index (κ3) is 2.18. The van der Waals surface area contributed by atoms with Gasteiger partial charge in [-0.25, -0.2) is 4.68 Å². The van der Waals surface area contributed by atoms with Crippen LogP contribution in [0, 0.1) is 0 Å². The van der Waals surface area contributed by atoms with Gasteiger partial charge in [-0.3, -0.25) is 0 Å². The molecule has 9 heteroatoms. The van der Waals surface area contributed by atoms with Crippen LogP contribution in [0.25, 0.3) is 0 Å². The summed E-state index contributed by atoms with van der Waals surface area (Å²) in [5, 5.41) is 6.09. The molecule has 0 amide bonds. The van der Waals surface area contributed by atoms with Crippen molar-refractivity contribution in [1.29, 1.82) is 0 Å². The summed E-state index contributed by atoms with van der Waals surface area (Å²) in [5.74, 6) is -5.00. The summed E-state index contributed by atoms with van der Waals surface area (Å²) in [5.41, 5.74) is -1.41. The van der Waals surface area contributed by atoms with Crippen LogP contribution in [0.1, 0.15) is 19.0 Å². The van der Waals surface area contributed by atoms with Crippen LogP contribution in [-0.2, 0) is 12.5 Å². The molecule has 1 heterocycles. The lowest BCUT2D eigenvalue weighted by Gasteiger charge is -2.17. The van der Waals surface area contributed by atoms with E-state index < -0.39 is 22.4 Å². The molecule has 3 nitrogen and oxygen atoms in total. The Kier molecular flexibility index (Phi) is 3.56. The van der Waals surface area contributed by atoms with Crippen molar-refractivity contribution in [3.63, 3.8) is 0 Å². The van der Waals surface area contributed by atoms with E-state index in [0.29, 0.717) is 6.42 Å². The Morgan fingerprint density at radius 3 is 2.25 bits per heavy atom. The van der Waals surface area contributed by atoms with Crippen LogP contribution < -0.4 is 0 Å². The second-order valence-electron chi connectivity index (χ2n) is 3.02. The summed E-state index contributed by atoms with van der Waals surface area (Å²) in [7, 11) is 0. The SMILES string of the molecule is CCCn1nnc(C(F)(F)C(F)(F)F)c1Br. The van der Waals surface area contributed by atoms with Gasteiger partial charge in [0.2, 0.25) is 0 Å². The zero-order chi connectivity index (χ0) is 12.6. The van der Waals surface area contributed by atoms with Crippen LogP contribution in [0.2, 0.25) is 0 Å². The van der Waals surface area contributed by atoms with E-state index in [0.717, 1.165) is 4.68 Å². The normalized spacial score (nSPS) is 13.2. The quantitative estimate of drug-likeness (QED) is 0.803. The van der Waals surface area contributed by atoms with Gasteiger partial charge in [0.15, 0.2) is 5.69 Å². The molecule has 0 saturated heterocycles. The highest BCUT2D eigenvalue weighted by molar-refractivity contribution is 9.10. The van der Waals surface area contributed by atoms with E-state index in [1.807, 2.05) is 0 Å². The highest BCUT2D eigenvalue weighted by Gasteiger charge is 2.61. The van der Waals surface area contributed by atoms with Crippen molar-refractivity contribution < 1.29 is 22.0 Å². The van der Waals surface area contributed by atoms with E-state index in [9.17, 15) is 22.0 Å². The van der Waals surface area contributed by atoms with Gasteiger partial charge in [0, 0.05) is 6.54 Å². The molecule has 0 N–H and O–H groups in total. The first-order valence-electron chi connectivity index (χ1n) is 4.25. The van der Waals surface area contributed by atoms with E-state index in [4.69, 9.17) is 0 Å². The minimum atomic E-state index is -5.68. The van der Waals surface area contributed by atoms with E-state index >= 15 is 0 Å². The van der Waals surface area contributed by atoms with Gasteiger partial charge < -0.3 is 0 Å². The van der Waals surface area contributed by atoms with Crippen molar-refractivity contribution in [3.8, 4) is 0 Å². The molecule has 1 rings (SSSR count). The number of nitrogens with zero attached hydrogens (tertiary/aromatic N) is 3. The Labute approximate surface area is 95.7 Å². The highest BCUT2D eigenvalue weighted by Crippen LogP contribution is 2.45. The Balaban J connectivity index is 3.14. The zero-order valence-corrected chi connectivity index (χ0v) is 9.61. The number of aryl methyl sites for hydroxylation is 1. The fourth-order valence-corrected chi connectivity index (χ4v) is 1.56. The third-order valence-corrected chi connectivity index (χ3v) is 2.55. The van der Waals surface area contributed by atoms with Gasteiger partial charge in [-0.05, 0) is 22.4 Å². The molecular formula is C7H7BrF5N3. The Morgan fingerprint density at radius 1 is 1.25 bits per heavy atom. The first-order chi connectivity index (χ1) is 7.21. The molecule has 0 atom stereocenters. The molecule has 92 valence electrons. The van der Waals surface area contributed by atoms with E-state index in [1.54, 1.807) is 6.92 Å². The average molecular weight is 308 g/mol. The molecule has 0 aliphatic carbocycles. The van der Waals surface area contributed by atoms with Crippen molar-refractivity contribution >= 4 is 15.9 Å². The lowest BCUT2D eigenvalue weighted by molar-refractivity contribution is -0.291. The molecule has 0 unspecified atom stereocenters. The smallest absolute Gasteiger partial charge is 0.238 e. The predicted molar refractivity (Wildman–Crippen MR) is 48.0 cm³/mol. The monoisotopic (exact) mass is 307 g/mol. The summed E-state index contributed by atoms with van der Waals surface area (Å²) in [6.07, 6.45) is -5.14. The van der Waals surface area contributed by atoms with E-state index in [-0.39, 0.29) is 6.54 Å². The third-order valence-electron chi connectivity index (χ3n) is 1.76. The maximum atomic E-state index is 12.9. The van der Waals surface area contributed by atoms with Crippen molar-refractivity contribution in [2.75, 3.05) is 0 Å². The van der Waals surface area contributed by atoms with Gasteiger partial charge in [-0.2, -0.15) is 22.0 Å². The molecule has 1 aromatic rings. The van der Waals surface area contributed by atoms with E-state index in [1.165, 1.54) is 0 Å². The minimum Gasteiger partial charge on any atom is -0.238 e. The number of rotatable bonds is 3. The van der Waals surface area contributed by atoms with Crippen LogP contribution >= 0.6 is 15.9 Å². The Morgan fingerprint density at radius 2 is 1.81 bits per heavy atom. The van der Waals surface area contributed by atoms with Crippen molar-refractivity contribution in [1.82, 2.24) is 15.0 Å². The molecule has 0 fully saturated rings. The van der Waals surface area contributed by atoms with Crippen LogP contribution in [-0.4, -0.2) is 21.2 Å². The predicted octanol–water partition coefficient (Wildman–Crippen LogP) is 3.10. The molecule has 0 spiro atoms. The number of halogens is 6. The minimum absolute atomic E-state index is 0.210. The molecule has 0 bridgehead atoms. The lowest BCUT2D eigenvalue weighted by Crippen LogP contribution is -2.34. The molecule has 0 aromatic carbocycles. The number of hydrogen-bond acceptors (Lipinski definition) is 2. The summed E-state index contributed by atoms with van der Waals surface area (Å²) < 4.78 is 62.5. The summed E-state index contributed by atoms with van der Waals surface area (Å²) in [6.45, 7) is 1.94. The van der Waals surface area contributed by atoms with Crippen molar-refractivity contribution in [3.05, 3.63) is 10.3 Å². The van der Waals surface area contributed by atoms with Crippen LogP contribution in [0.15, 0.2) is 4.60 Å². The molecule has 16 heavy (non-hydrogen) atoms. The van der Waals surface area contributed by atoms with E-state index in [2.05, 4.69) is 26.2 Å². The molecule has 0 radical (unpaired) electrons. The summed E-state index contributed by atoms with van der Waals surface area (Å²) in [6, 6.07) is 0. The molecule has 0 saturated carbocycles. The maximum absolute atomic E-state index is 12.9. The van der Waals surface area contributed by atoms with Gasteiger partial charge in [0.05, 0.1) is 0 Å². The largest absolute Gasteiger partial charge is 0.459 e. The highest BCUT2D eigenvalue weighted by atomic mass is 79.9. The number of aromatic nitrogens is 3. The number of hydrogen-bond donors (Lipinski definition) is 0. The molecular weight excluding hydrogens is 301 g/mol. The Bertz CT molecular complexity index is 373. The van der Waals surface area contributed by atoms with Gasteiger partial charge in [-0.15, -0.1) is 5.10 Å². The molecule has 0 aliphatic rings. The first-order valence-corrected chi connectivity index (χ1v) is 5.05. The molecule has 1 aromatic heterocycles. The maximum Gasteiger partial charge on any atom is 0.459 e. The van der Waals surface area contributed by atoms with Crippen molar-refractivity contribution in [2.45, 2.75) is 32.0 Å². The molecule has 0 aliphatic heterocycles. The van der Waals surface area contributed by atoms with Gasteiger partial charge in [0.25, 0.3) is 0 Å². The van der Waals surface area contributed by atoms with Crippen LogP contribution in [0.3, 0.4) is 0 Å². The van der Waals surface area contributed by atoms with Gasteiger partial charge in [-0.1, -0.05) is 12.1 Å². The first kappa shape index (κ1) is 13.3. The Hall–Kier alpha value is -0.730. The fraction of sp³-hybridized carbons (Fsp3) is 0.714. The second kappa shape index (κ2) is 4.27. The fourth-order valence-electron chi connectivity index (χ4n) is 0.983. The number of alkyl halides is 5. The van der Waals surface area contributed by atoms with Crippen LogP contribution in [0.4, 0.5) is 22.0 Å². The second-order valence-corrected chi connectivity index (χ2v) is 3.78. The van der Waals surface area contributed by atoms with Gasteiger partial charge in [0.1, 0.15) is 4.60 Å².